The third-order valence-electron chi connectivity index (χ3n) is 4.98. The van der Waals surface area contributed by atoms with E-state index in [4.69, 9.17) is 11.6 Å². The Hall–Kier alpha value is -1.63. The summed E-state index contributed by atoms with van der Waals surface area (Å²) in [6.07, 6.45) is 1.02. The van der Waals surface area contributed by atoms with Crippen molar-refractivity contribution in [1.29, 1.82) is 0 Å². The van der Waals surface area contributed by atoms with Gasteiger partial charge in [-0.2, -0.15) is 0 Å². The van der Waals surface area contributed by atoms with Gasteiger partial charge >= 0.3 is 0 Å². The average molecular weight is 411 g/mol. The molecule has 0 aliphatic carbocycles. The molecule has 28 heavy (non-hydrogen) atoms. The molecule has 1 heterocycles. The van der Waals surface area contributed by atoms with E-state index >= 15 is 0 Å². The van der Waals surface area contributed by atoms with Crippen LogP contribution < -0.4 is 20.4 Å². The topological polar surface area (TPSA) is 67.1 Å². The maximum absolute atomic E-state index is 12.5. The minimum Gasteiger partial charge on any atom is -0.347 e. The van der Waals surface area contributed by atoms with Gasteiger partial charge in [-0.25, -0.2) is 0 Å². The number of carbonyl (C=O) groups is 2. The van der Waals surface area contributed by atoms with Crippen molar-refractivity contribution >= 4 is 23.4 Å². The van der Waals surface area contributed by atoms with Gasteiger partial charge in [0, 0.05) is 17.0 Å². The number of quaternary nitrogens is 2. The molecule has 4 N–H and O–H groups in total. The Morgan fingerprint density at radius 1 is 1.00 bits per heavy atom. The molecule has 6 nitrogen and oxygen atoms in total. The number of halogens is 1. The van der Waals surface area contributed by atoms with E-state index in [0.717, 1.165) is 38.2 Å². The van der Waals surface area contributed by atoms with Gasteiger partial charge in [0.15, 0.2) is 13.1 Å². The standard InChI is InChI=1S/C21H33ClN4O2/c1-16(17-6-8-18(22)9-7-17)23-19(27)14-25-10-5-11-26(13-12-25)15-20(28)24-21(2,3)4/h6-9,16H,5,10-15H2,1-4H3,(H,23,27)(H,24,28)/p+2/t16-/m0/s1. The second kappa shape index (κ2) is 10.2. The van der Waals surface area contributed by atoms with Gasteiger partial charge in [-0.3, -0.25) is 9.59 Å². The summed E-state index contributed by atoms with van der Waals surface area (Å²) >= 11 is 5.92. The summed E-state index contributed by atoms with van der Waals surface area (Å²) in [6.45, 7) is 12.7. The first-order valence-electron chi connectivity index (χ1n) is 10.2. The summed E-state index contributed by atoms with van der Waals surface area (Å²) in [4.78, 5) is 27.2. The van der Waals surface area contributed by atoms with Crippen LogP contribution >= 0.6 is 11.6 Å². The summed E-state index contributed by atoms with van der Waals surface area (Å²) in [5.74, 6) is 0.159. The predicted molar refractivity (Wildman–Crippen MR) is 112 cm³/mol. The molecule has 1 fully saturated rings. The zero-order chi connectivity index (χ0) is 20.7. The van der Waals surface area contributed by atoms with Gasteiger partial charge in [0.1, 0.15) is 13.1 Å². The average Bonchev–Trinajstić information content (AvgIpc) is 2.78. The van der Waals surface area contributed by atoms with Crippen molar-refractivity contribution in [3.63, 3.8) is 0 Å². The van der Waals surface area contributed by atoms with E-state index in [-0.39, 0.29) is 23.4 Å². The van der Waals surface area contributed by atoms with Crippen molar-refractivity contribution in [2.24, 2.45) is 0 Å². The molecule has 1 aliphatic heterocycles. The molecule has 1 aliphatic rings. The Balaban J connectivity index is 1.76. The maximum Gasteiger partial charge on any atom is 0.275 e. The zero-order valence-electron chi connectivity index (χ0n) is 17.5. The number of rotatable bonds is 6. The van der Waals surface area contributed by atoms with Crippen LogP contribution in [0, 0.1) is 0 Å². The van der Waals surface area contributed by atoms with Crippen LogP contribution in [0.2, 0.25) is 5.02 Å². The highest BCUT2D eigenvalue weighted by atomic mass is 35.5. The highest BCUT2D eigenvalue weighted by Crippen LogP contribution is 2.15. The number of amides is 2. The third-order valence-corrected chi connectivity index (χ3v) is 5.23. The lowest BCUT2D eigenvalue weighted by molar-refractivity contribution is -0.930. The molecule has 156 valence electrons. The smallest absolute Gasteiger partial charge is 0.275 e. The van der Waals surface area contributed by atoms with Crippen LogP contribution in [0.3, 0.4) is 0 Å². The second-order valence-electron chi connectivity index (χ2n) is 8.85. The highest BCUT2D eigenvalue weighted by Gasteiger charge is 2.25. The monoisotopic (exact) mass is 410 g/mol. The molecule has 0 bridgehead atoms. The van der Waals surface area contributed by atoms with Crippen molar-refractivity contribution in [2.75, 3.05) is 39.3 Å². The van der Waals surface area contributed by atoms with Crippen molar-refractivity contribution in [3.05, 3.63) is 34.9 Å². The first-order chi connectivity index (χ1) is 13.1. The fraction of sp³-hybridized carbons (Fsp3) is 0.619. The SMILES string of the molecule is C[C@H](NC(=O)C[NH+]1CCC[NH+](CC(=O)NC(C)(C)C)CC1)c1ccc(Cl)cc1. The molecular weight excluding hydrogens is 376 g/mol. The molecule has 0 aromatic heterocycles. The van der Waals surface area contributed by atoms with Gasteiger partial charge < -0.3 is 20.4 Å². The van der Waals surface area contributed by atoms with Crippen molar-refractivity contribution in [3.8, 4) is 0 Å². The van der Waals surface area contributed by atoms with Crippen LogP contribution in [-0.2, 0) is 9.59 Å². The largest absolute Gasteiger partial charge is 0.347 e. The Morgan fingerprint density at radius 2 is 1.54 bits per heavy atom. The number of hydrogen-bond acceptors (Lipinski definition) is 2. The molecule has 1 aromatic carbocycles. The van der Waals surface area contributed by atoms with E-state index in [2.05, 4.69) is 10.6 Å². The number of benzene rings is 1. The fourth-order valence-corrected chi connectivity index (χ4v) is 3.72. The van der Waals surface area contributed by atoms with Crippen molar-refractivity contribution in [1.82, 2.24) is 10.6 Å². The quantitative estimate of drug-likeness (QED) is 0.516. The zero-order valence-corrected chi connectivity index (χ0v) is 18.3. The molecule has 7 heteroatoms. The van der Waals surface area contributed by atoms with Crippen molar-refractivity contribution < 1.29 is 19.4 Å². The molecule has 0 saturated carbocycles. The van der Waals surface area contributed by atoms with E-state index in [1.165, 1.54) is 9.80 Å². The van der Waals surface area contributed by atoms with E-state index in [9.17, 15) is 9.59 Å². The van der Waals surface area contributed by atoms with Gasteiger partial charge in [0.25, 0.3) is 11.8 Å². The Morgan fingerprint density at radius 3 is 2.07 bits per heavy atom. The lowest BCUT2D eigenvalue weighted by Crippen LogP contribution is -3.18. The summed E-state index contributed by atoms with van der Waals surface area (Å²) < 4.78 is 0. The predicted octanol–water partition coefficient (Wildman–Crippen LogP) is -0.395. The van der Waals surface area contributed by atoms with Gasteiger partial charge in [-0.1, -0.05) is 23.7 Å². The van der Waals surface area contributed by atoms with E-state index in [1.807, 2.05) is 52.0 Å². The normalized spacial score (nSPS) is 21.5. The van der Waals surface area contributed by atoms with Crippen LogP contribution in [0.5, 0.6) is 0 Å². The summed E-state index contributed by atoms with van der Waals surface area (Å²) in [7, 11) is 0. The van der Waals surface area contributed by atoms with E-state index < -0.39 is 0 Å². The molecule has 0 radical (unpaired) electrons. The lowest BCUT2D eigenvalue weighted by atomic mass is 10.1. The lowest BCUT2D eigenvalue weighted by Gasteiger charge is -2.22. The van der Waals surface area contributed by atoms with E-state index in [1.54, 1.807) is 0 Å². The van der Waals surface area contributed by atoms with Gasteiger partial charge in [-0.05, 0) is 45.4 Å². The van der Waals surface area contributed by atoms with Crippen LogP contribution in [0.4, 0.5) is 0 Å². The van der Waals surface area contributed by atoms with E-state index in [0.29, 0.717) is 18.1 Å². The van der Waals surface area contributed by atoms with Crippen LogP contribution in [0.1, 0.15) is 45.7 Å². The highest BCUT2D eigenvalue weighted by molar-refractivity contribution is 6.30. The van der Waals surface area contributed by atoms with Crippen LogP contribution in [-0.4, -0.2) is 56.6 Å². The Labute approximate surface area is 173 Å². The Kier molecular flexibility index (Phi) is 8.28. The third kappa shape index (κ3) is 8.17. The molecule has 2 unspecified atom stereocenters. The molecular formula is C21H35ClN4O2+2. The molecule has 3 atom stereocenters. The fourth-order valence-electron chi connectivity index (χ4n) is 3.59. The molecule has 1 aromatic rings. The summed E-state index contributed by atoms with van der Waals surface area (Å²) in [6, 6.07) is 7.52. The summed E-state index contributed by atoms with van der Waals surface area (Å²) in [5.41, 5.74) is 0.850. The number of hydrogen-bond donors (Lipinski definition) is 4. The Bertz CT molecular complexity index is 657. The first kappa shape index (κ1) is 22.7. The van der Waals surface area contributed by atoms with Gasteiger partial charge in [0.05, 0.1) is 19.1 Å². The minimum absolute atomic E-state index is 0.0423. The summed E-state index contributed by atoms with van der Waals surface area (Å²) in [5, 5.41) is 6.80. The second-order valence-corrected chi connectivity index (χ2v) is 9.28. The number of carbonyl (C=O) groups excluding carboxylic acids is 2. The van der Waals surface area contributed by atoms with Gasteiger partial charge in [0.2, 0.25) is 0 Å². The van der Waals surface area contributed by atoms with Gasteiger partial charge in [-0.15, -0.1) is 0 Å². The molecule has 1 saturated heterocycles. The first-order valence-corrected chi connectivity index (χ1v) is 10.5. The van der Waals surface area contributed by atoms with Crippen LogP contribution in [0.15, 0.2) is 24.3 Å². The molecule has 0 spiro atoms. The van der Waals surface area contributed by atoms with Crippen LogP contribution in [0.25, 0.3) is 0 Å². The maximum atomic E-state index is 12.5. The number of nitrogens with one attached hydrogen (secondary N) is 4. The molecule has 2 rings (SSSR count). The minimum atomic E-state index is -0.196. The molecule has 2 amide bonds. The van der Waals surface area contributed by atoms with Crippen molar-refractivity contribution in [2.45, 2.75) is 45.7 Å².